The second-order valence-corrected chi connectivity index (χ2v) is 5.17. The van der Waals surface area contributed by atoms with Gasteiger partial charge in [-0.25, -0.2) is 0 Å². The van der Waals surface area contributed by atoms with Gasteiger partial charge in [0, 0.05) is 6.42 Å². The monoisotopic (exact) mass is 198 g/mol. The van der Waals surface area contributed by atoms with Gasteiger partial charge in [-0.2, -0.15) is 0 Å². The van der Waals surface area contributed by atoms with Crippen LogP contribution in [-0.2, 0) is 4.79 Å². The molecule has 0 N–H and O–H groups in total. The van der Waals surface area contributed by atoms with Crippen molar-refractivity contribution in [2.75, 3.05) is 0 Å². The van der Waals surface area contributed by atoms with Crippen LogP contribution in [0.3, 0.4) is 0 Å². The molecule has 14 heavy (non-hydrogen) atoms. The van der Waals surface area contributed by atoms with E-state index in [1.54, 1.807) is 0 Å². The summed E-state index contributed by atoms with van der Waals surface area (Å²) in [6, 6.07) is 0. The second kappa shape index (κ2) is 8.02. The molecule has 0 fully saturated rings. The van der Waals surface area contributed by atoms with Crippen LogP contribution in [0.5, 0.6) is 0 Å². The minimum absolute atomic E-state index is 0.739. The van der Waals surface area contributed by atoms with Crippen LogP contribution in [-0.4, -0.2) is 6.29 Å². The van der Waals surface area contributed by atoms with E-state index in [0.717, 1.165) is 36.9 Å². The predicted octanol–water partition coefficient (Wildman–Crippen LogP) is 4.06. The van der Waals surface area contributed by atoms with Crippen molar-refractivity contribution >= 4 is 6.29 Å². The van der Waals surface area contributed by atoms with Gasteiger partial charge >= 0.3 is 0 Å². The SMILES string of the molecule is CC(C)CC(C)CC(C)CCCC=O. The van der Waals surface area contributed by atoms with Crippen molar-refractivity contribution in [3.63, 3.8) is 0 Å². The maximum atomic E-state index is 10.2. The van der Waals surface area contributed by atoms with Gasteiger partial charge in [0.05, 0.1) is 0 Å². The van der Waals surface area contributed by atoms with Crippen molar-refractivity contribution in [1.29, 1.82) is 0 Å². The van der Waals surface area contributed by atoms with E-state index < -0.39 is 0 Å². The van der Waals surface area contributed by atoms with E-state index in [4.69, 9.17) is 0 Å². The molecule has 0 saturated carbocycles. The summed E-state index contributed by atoms with van der Waals surface area (Å²) >= 11 is 0. The molecule has 0 aliphatic carbocycles. The molecule has 0 rings (SSSR count). The lowest BCUT2D eigenvalue weighted by atomic mass is 9.88. The molecular weight excluding hydrogens is 172 g/mol. The molecule has 2 atom stereocenters. The fraction of sp³-hybridized carbons (Fsp3) is 0.923. The van der Waals surface area contributed by atoms with Crippen LogP contribution in [0.25, 0.3) is 0 Å². The van der Waals surface area contributed by atoms with E-state index >= 15 is 0 Å². The molecular formula is C13H26O. The molecule has 0 bridgehead atoms. The highest BCUT2D eigenvalue weighted by atomic mass is 16.1. The van der Waals surface area contributed by atoms with E-state index in [9.17, 15) is 4.79 Å². The summed E-state index contributed by atoms with van der Waals surface area (Å²) in [4.78, 5) is 10.2. The average molecular weight is 198 g/mol. The summed E-state index contributed by atoms with van der Waals surface area (Å²) < 4.78 is 0. The number of carbonyl (C=O) groups excluding carboxylic acids is 1. The Balaban J connectivity index is 3.49. The number of aldehydes is 1. The van der Waals surface area contributed by atoms with Crippen molar-refractivity contribution in [3.8, 4) is 0 Å². The molecule has 0 heterocycles. The fourth-order valence-electron chi connectivity index (χ4n) is 2.26. The molecule has 1 heteroatoms. The molecule has 2 unspecified atom stereocenters. The van der Waals surface area contributed by atoms with Crippen LogP contribution in [0, 0.1) is 17.8 Å². The van der Waals surface area contributed by atoms with Gasteiger partial charge in [0.15, 0.2) is 0 Å². The van der Waals surface area contributed by atoms with E-state index in [0.29, 0.717) is 0 Å². The molecule has 0 amide bonds. The first-order valence-corrected chi connectivity index (χ1v) is 5.99. The standard InChI is InChI=1S/C13H26O/c1-11(2)9-13(4)10-12(3)7-5-6-8-14/h8,11-13H,5-7,9-10H2,1-4H3. The van der Waals surface area contributed by atoms with Gasteiger partial charge in [-0.1, -0.05) is 34.1 Å². The van der Waals surface area contributed by atoms with Gasteiger partial charge in [-0.3, -0.25) is 0 Å². The molecule has 0 radical (unpaired) electrons. The number of hydrogen-bond acceptors (Lipinski definition) is 1. The number of hydrogen-bond donors (Lipinski definition) is 0. The number of carbonyl (C=O) groups is 1. The molecule has 84 valence electrons. The van der Waals surface area contributed by atoms with Crippen LogP contribution >= 0.6 is 0 Å². The van der Waals surface area contributed by atoms with Crippen molar-refractivity contribution in [1.82, 2.24) is 0 Å². The lowest BCUT2D eigenvalue weighted by Gasteiger charge is -2.18. The normalized spacial score (nSPS) is 15.5. The lowest BCUT2D eigenvalue weighted by molar-refractivity contribution is -0.107. The van der Waals surface area contributed by atoms with Crippen LogP contribution in [0.15, 0.2) is 0 Å². The largest absolute Gasteiger partial charge is 0.303 e. The van der Waals surface area contributed by atoms with Gasteiger partial charge in [-0.05, 0) is 37.0 Å². The Kier molecular flexibility index (Phi) is 7.83. The van der Waals surface area contributed by atoms with Crippen molar-refractivity contribution in [2.45, 2.75) is 59.8 Å². The zero-order valence-corrected chi connectivity index (χ0v) is 10.3. The first-order chi connectivity index (χ1) is 6.56. The molecule has 0 aliphatic heterocycles. The molecule has 0 aromatic rings. The molecule has 1 nitrogen and oxygen atoms in total. The second-order valence-electron chi connectivity index (χ2n) is 5.17. The Hall–Kier alpha value is -0.330. The number of unbranched alkanes of at least 4 members (excludes halogenated alkanes) is 1. The van der Waals surface area contributed by atoms with E-state index in [1.807, 2.05) is 0 Å². The maximum Gasteiger partial charge on any atom is 0.119 e. The third kappa shape index (κ3) is 8.28. The molecule has 0 aromatic carbocycles. The lowest BCUT2D eigenvalue weighted by Crippen LogP contribution is -2.06. The highest BCUT2D eigenvalue weighted by molar-refractivity contribution is 5.48. The van der Waals surface area contributed by atoms with E-state index in [-0.39, 0.29) is 0 Å². The minimum Gasteiger partial charge on any atom is -0.303 e. The van der Waals surface area contributed by atoms with E-state index in [1.165, 1.54) is 19.3 Å². The number of rotatable bonds is 8. The van der Waals surface area contributed by atoms with Gasteiger partial charge in [0.2, 0.25) is 0 Å². The first kappa shape index (κ1) is 13.7. The maximum absolute atomic E-state index is 10.2. The summed E-state index contributed by atoms with van der Waals surface area (Å²) in [5.41, 5.74) is 0. The van der Waals surface area contributed by atoms with Crippen LogP contribution in [0.2, 0.25) is 0 Å². The fourth-order valence-corrected chi connectivity index (χ4v) is 2.26. The Morgan fingerprint density at radius 2 is 1.64 bits per heavy atom. The highest BCUT2D eigenvalue weighted by Gasteiger charge is 2.09. The topological polar surface area (TPSA) is 17.1 Å². The third-order valence-corrected chi connectivity index (χ3v) is 2.70. The van der Waals surface area contributed by atoms with Gasteiger partial charge < -0.3 is 4.79 Å². The Morgan fingerprint density at radius 1 is 1.00 bits per heavy atom. The molecule has 0 saturated heterocycles. The van der Waals surface area contributed by atoms with Gasteiger partial charge in [0.25, 0.3) is 0 Å². The minimum atomic E-state index is 0.739. The summed E-state index contributed by atoms with van der Waals surface area (Å²) in [7, 11) is 0. The van der Waals surface area contributed by atoms with Crippen LogP contribution in [0.1, 0.15) is 59.8 Å². The van der Waals surface area contributed by atoms with Gasteiger partial charge in [-0.15, -0.1) is 0 Å². The molecule has 0 aliphatic rings. The Labute approximate surface area is 89.3 Å². The quantitative estimate of drug-likeness (QED) is 0.424. The third-order valence-electron chi connectivity index (χ3n) is 2.70. The Bertz CT molecular complexity index is 140. The molecule has 0 spiro atoms. The summed E-state index contributed by atoms with van der Waals surface area (Å²) in [5, 5.41) is 0. The van der Waals surface area contributed by atoms with Crippen LogP contribution in [0.4, 0.5) is 0 Å². The van der Waals surface area contributed by atoms with Crippen molar-refractivity contribution in [2.24, 2.45) is 17.8 Å². The Morgan fingerprint density at radius 3 is 2.14 bits per heavy atom. The highest BCUT2D eigenvalue weighted by Crippen LogP contribution is 2.22. The zero-order valence-electron chi connectivity index (χ0n) is 10.3. The summed E-state index contributed by atoms with van der Waals surface area (Å²) in [6.45, 7) is 9.22. The summed E-state index contributed by atoms with van der Waals surface area (Å²) in [5.74, 6) is 2.43. The van der Waals surface area contributed by atoms with E-state index in [2.05, 4.69) is 27.7 Å². The van der Waals surface area contributed by atoms with Gasteiger partial charge in [0.1, 0.15) is 6.29 Å². The van der Waals surface area contributed by atoms with Crippen molar-refractivity contribution < 1.29 is 4.79 Å². The predicted molar refractivity (Wildman–Crippen MR) is 62.3 cm³/mol. The van der Waals surface area contributed by atoms with Crippen molar-refractivity contribution in [3.05, 3.63) is 0 Å². The smallest absolute Gasteiger partial charge is 0.119 e. The molecule has 0 aromatic heterocycles. The van der Waals surface area contributed by atoms with Crippen LogP contribution < -0.4 is 0 Å². The summed E-state index contributed by atoms with van der Waals surface area (Å²) in [6.07, 6.45) is 6.70. The zero-order chi connectivity index (χ0) is 11.0. The first-order valence-electron chi connectivity index (χ1n) is 5.99. The average Bonchev–Trinajstić information content (AvgIpc) is 2.02.